The number of carbonyl (C=O) groups excluding carboxylic acids is 1. The molecule has 0 amide bonds. The van der Waals surface area contributed by atoms with Crippen LogP contribution in [-0.4, -0.2) is 54.7 Å². The van der Waals surface area contributed by atoms with Gasteiger partial charge in [-0.15, -0.1) is 0 Å². The summed E-state index contributed by atoms with van der Waals surface area (Å²) in [6.07, 6.45) is 6.77. The van der Waals surface area contributed by atoms with Gasteiger partial charge in [-0.05, 0) is 30.9 Å². The van der Waals surface area contributed by atoms with Crippen LogP contribution < -0.4 is 0 Å². The van der Waals surface area contributed by atoms with E-state index in [2.05, 4.69) is 4.98 Å². The highest BCUT2D eigenvalue weighted by Gasteiger charge is 2.26. The highest BCUT2D eigenvalue weighted by atomic mass is 32.2. The molecule has 140 valence electrons. The molecule has 8 heteroatoms. The number of piperidine rings is 1. The van der Waals surface area contributed by atoms with Crippen molar-refractivity contribution in [2.75, 3.05) is 26.5 Å². The zero-order chi connectivity index (χ0) is 18.7. The normalized spacial score (nSPS) is 18.6. The smallest absolute Gasteiger partial charge is 0.337 e. The molecule has 0 unspecified atom stereocenters. The second-order valence-corrected chi connectivity index (χ2v) is 8.58. The van der Waals surface area contributed by atoms with Gasteiger partial charge in [0.2, 0.25) is 10.0 Å². The molecule has 1 aromatic heterocycles. The van der Waals surface area contributed by atoms with E-state index in [9.17, 15) is 13.2 Å². The summed E-state index contributed by atoms with van der Waals surface area (Å²) in [7, 11) is -1.80. The van der Waals surface area contributed by atoms with Gasteiger partial charge in [0.1, 0.15) is 5.82 Å². The van der Waals surface area contributed by atoms with Gasteiger partial charge in [0, 0.05) is 37.6 Å². The Balaban J connectivity index is 1.75. The maximum atomic E-state index is 11.8. The van der Waals surface area contributed by atoms with E-state index >= 15 is 0 Å². The number of rotatable bonds is 5. The first kappa shape index (κ1) is 18.6. The lowest BCUT2D eigenvalue weighted by molar-refractivity contribution is 0.0600. The third-order valence-corrected chi connectivity index (χ3v) is 5.95. The van der Waals surface area contributed by atoms with Crippen LogP contribution in [0.15, 0.2) is 36.7 Å². The van der Waals surface area contributed by atoms with Gasteiger partial charge >= 0.3 is 5.97 Å². The van der Waals surface area contributed by atoms with E-state index in [4.69, 9.17) is 4.74 Å². The molecule has 0 saturated carbocycles. The van der Waals surface area contributed by atoms with E-state index in [0.29, 0.717) is 25.2 Å². The first-order valence-corrected chi connectivity index (χ1v) is 10.4. The molecule has 0 radical (unpaired) electrons. The van der Waals surface area contributed by atoms with E-state index in [-0.39, 0.29) is 11.9 Å². The molecule has 3 rings (SSSR count). The van der Waals surface area contributed by atoms with Gasteiger partial charge in [0.15, 0.2) is 0 Å². The Morgan fingerprint density at radius 2 is 2.04 bits per heavy atom. The van der Waals surface area contributed by atoms with Gasteiger partial charge in [-0.25, -0.2) is 22.5 Å². The number of carbonyl (C=O) groups is 1. The Hall–Kier alpha value is -2.19. The molecule has 0 spiro atoms. The fraction of sp³-hybridized carbons (Fsp3) is 0.444. The average molecular weight is 377 g/mol. The quantitative estimate of drug-likeness (QED) is 0.745. The van der Waals surface area contributed by atoms with Crippen molar-refractivity contribution in [3.8, 4) is 11.4 Å². The molecule has 26 heavy (non-hydrogen) atoms. The summed E-state index contributed by atoms with van der Waals surface area (Å²) >= 11 is 0. The summed E-state index contributed by atoms with van der Waals surface area (Å²) in [4.78, 5) is 16.0. The van der Waals surface area contributed by atoms with Gasteiger partial charge in [0.05, 0.1) is 18.9 Å². The van der Waals surface area contributed by atoms with Crippen LogP contribution in [0.5, 0.6) is 0 Å². The monoisotopic (exact) mass is 377 g/mol. The van der Waals surface area contributed by atoms with Gasteiger partial charge in [-0.2, -0.15) is 0 Å². The molecule has 0 aliphatic carbocycles. The molecule has 7 nitrogen and oxygen atoms in total. The minimum absolute atomic E-state index is 0.251. The van der Waals surface area contributed by atoms with Gasteiger partial charge < -0.3 is 9.30 Å². The topological polar surface area (TPSA) is 81.5 Å². The first-order chi connectivity index (χ1) is 12.4. The Kier molecular flexibility index (Phi) is 5.43. The van der Waals surface area contributed by atoms with Crippen molar-refractivity contribution in [3.63, 3.8) is 0 Å². The van der Waals surface area contributed by atoms with Crippen molar-refractivity contribution in [3.05, 3.63) is 42.2 Å². The molecule has 1 aliphatic heterocycles. The van der Waals surface area contributed by atoms with Crippen LogP contribution in [-0.2, 0) is 21.3 Å². The third-order valence-electron chi connectivity index (χ3n) is 4.69. The molecule has 1 fully saturated rings. The van der Waals surface area contributed by atoms with E-state index in [1.807, 2.05) is 22.9 Å². The number of nitrogens with zero attached hydrogens (tertiary/aromatic N) is 3. The fourth-order valence-corrected chi connectivity index (χ4v) is 4.29. The van der Waals surface area contributed by atoms with Crippen molar-refractivity contribution >= 4 is 16.0 Å². The Bertz CT molecular complexity index is 874. The third kappa shape index (κ3) is 4.13. The number of aromatic nitrogens is 2. The van der Waals surface area contributed by atoms with E-state index < -0.39 is 10.0 Å². The number of hydrogen-bond acceptors (Lipinski definition) is 5. The van der Waals surface area contributed by atoms with Crippen LogP contribution in [0.3, 0.4) is 0 Å². The Morgan fingerprint density at radius 1 is 1.31 bits per heavy atom. The van der Waals surface area contributed by atoms with Crippen molar-refractivity contribution in [1.82, 2.24) is 13.9 Å². The number of esters is 1. The second kappa shape index (κ2) is 7.59. The molecule has 1 aliphatic rings. The predicted octanol–water partition coefficient (Wildman–Crippen LogP) is 2.01. The highest BCUT2D eigenvalue weighted by Crippen LogP contribution is 2.24. The van der Waals surface area contributed by atoms with Crippen LogP contribution in [0.4, 0.5) is 0 Å². The molecule has 0 bridgehead atoms. The second-order valence-electron chi connectivity index (χ2n) is 6.60. The number of ether oxygens (including phenoxy) is 1. The summed E-state index contributed by atoms with van der Waals surface area (Å²) in [5, 5.41) is 0. The summed E-state index contributed by atoms with van der Waals surface area (Å²) in [6, 6.07) is 7.11. The van der Waals surface area contributed by atoms with Crippen LogP contribution in [0.2, 0.25) is 0 Å². The standard InChI is InChI=1S/C18H23N3O4S/c1-25-18(22)16-7-5-15(6-8-16)17-19-9-11-20(17)12-14-4-3-10-21(13-14)26(2,23)24/h5-9,11,14H,3-4,10,12-13H2,1-2H3/t14-/m1/s1. The lowest BCUT2D eigenvalue weighted by Gasteiger charge is -2.31. The minimum Gasteiger partial charge on any atom is -0.465 e. The summed E-state index contributed by atoms with van der Waals surface area (Å²) in [5.41, 5.74) is 1.39. The molecule has 1 aromatic carbocycles. The first-order valence-electron chi connectivity index (χ1n) is 8.53. The molecule has 2 aromatic rings. The zero-order valence-corrected chi connectivity index (χ0v) is 15.8. The zero-order valence-electron chi connectivity index (χ0n) is 15.0. The lowest BCUT2D eigenvalue weighted by atomic mass is 9.99. The van der Waals surface area contributed by atoms with Gasteiger partial charge in [-0.1, -0.05) is 12.1 Å². The maximum absolute atomic E-state index is 11.8. The van der Waals surface area contributed by atoms with Crippen LogP contribution in [0.1, 0.15) is 23.2 Å². The van der Waals surface area contributed by atoms with Crippen molar-refractivity contribution in [2.24, 2.45) is 5.92 Å². The summed E-state index contributed by atoms with van der Waals surface area (Å²) in [6.45, 7) is 1.85. The fourth-order valence-electron chi connectivity index (χ4n) is 3.35. The largest absolute Gasteiger partial charge is 0.465 e. The summed E-state index contributed by atoms with van der Waals surface area (Å²) in [5.74, 6) is 0.682. The van der Waals surface area contributed by atoms with E-state index in [0.717, 1.165) is 24.2 Å². The van der Waals surface area contributed by atoms with E-state index in [1.54, 1.807) is 22.6 Å². The van der Waals surface area contributed by atoms with Gasteiger partial charge in [0.25, 0.3) is 0 Å². The predicted molar refractivity (Wildman–Crippen MR) is 98.1 cm³/mol. The number of methoxy groups -OCH3 is 1. The average Bonchev–Trinajstić information content (AvgIpc) is 3.09. The number of hydrogen-bond donors (Lipinski definition) is 0. The van der Waals surface area contributed by atoms with Gasteiger partial charge in [-0.3, -0.25) is 0 Å². The van der Waals surface area contributed by atoms with E-state index in [1.165, 1.54) is 13.4 Å². The SMILES string of the molecule is COC(=O)c1ccc(-c2nccn2C[C@H]2CCCN(S(C)(=O)=O)C2)cc1. The Labute approximate surface area is 153 Å². The molecular formula is C18H23N3O4S. The molecular weight excluding hydrogens is 354 g/mol. The van der Waals surface area contributed by atoms with Crippen molar-refractivity contribution < 1.29 is 17.9 Å². The van der Waals surface area contributed by atoms with Crippen LogP contribution in [0.25, 0.3) is 11.4 Å². The molecule has 2 heterocycles. The van der Waals surface area contributed by atoms with Crippen molar-refractivity contribution in [1.29, 1.82) is 0 Å². The maximum Gasteiger partial charge on any atom is 0.337 e. The van der Waals surface area contributed by atoms with Crippen molar-refractivity contribution in [2.45, 2.75) is 19.4 Å². The molecule has 0 N–H and O–H groups in total. The molecule has 1 atom stereocenters. The van der Waals surface area contributed by atoms with Crippen LogP contribution in [0, 0.1) is 5.92 Å². The lowest BCUT2D eigenvalue weighted by Crippen LogP contribution is -2.40. The van der Waals surface area contributed by atoms with Crippen LogP contribution >= 0.6 is 0 Å². The highest BCUT2D eigenvalue weighted by molar-refractivity contribution is 7.88. The number of sulfonamides is 1. The number of imidazole rings is 1. The Morgan fingerprint density at radius 3 is 2.69 bits per heavy atom. The minimum atomic E-state index is -3.15. The molecule has 1 saturated heterocycles. The summed E-state index contributed by atoms with van der Waals surface area (Å²) < 4.78 is 31.9. The number of benzene rings is 1.